The maximum Gasteiger partial charge on any atom is 0.128 e. The van der Waals surface area contributed by atoms with Gasteiger partial charge < -0.3 is 9.64 Å². The van der Waals surface area contributed by atoms with Crippen LogP contribution in [0, 0.1) is 17.2 Å². The normalized spacial score (nSPS) is 22.7. The molecule has 2 aliphatic rings. The number of hydrogen-bond acceptors (Lipinski definition) is 4. The Kier molecular flexibility index (Phi) is 3.16. The quantitative estimate of drug-likeness (QED) is 0.811. The second-order valence-corrected chi connectivity index (χ2v) is 5.13. The van der Waals surface area contributed by atoms with Crippen molar-refractivity contribution >= 4 is 5.82 Å². The van der Waals surface area contributed by atoms with Gasteiger partial charge >= 0.3 is 0 Å². The minimum absolute atomic E-state index is 0.624. The van der Waals surface area contributed by atoms with Gasteiger partial charge in [0.2, 0.25) is 0 Å². The molecule has 2 heterocycles. The van der Waals surface area contributed by atoms with Crippen LogP contribution in [0.25, 0.3) is 0 Å². The van der Waals surface area contributed by atoms with Crippen molar-refractivity contribution in [1.82, 2.24) is 4.98 Å². The Hall–Kier alpha value is -1.60. The van der Waals surface area contributed by atoms with Gasteiger partial charge in [0.1, 0.15) is 11.9 Å². The summed E-state index contributed by atoms with van der Waals surface area (Å²) >= 11 is 0. The molecule has 0 bridgehead atoms. The molecule has 1 aromatic rings. The maximum absolute atomic E-state index is 8.80. The van der Waals surface area contributed by atoms with E-state index in [-0.39, 0.29) is 0 Å². The molecule has 1 aromatic heterocycles. The van der Waals surface area contributed by atoms with Crippen molar-refractivity contribution in [2.75, 3.05) is 24.7 Å². The molecule has 0 N–H and O–H groups in total. The summed E-state index contributed by atoms with van der Waals surface area (Å²) in [5, 5.41) is 8.80. The number of anilines is 1. The first kappa shape index (κ1) is 11.5. The first-order chi connectivity index (χ1) is 8.86. The van der Waals surface area contributed by atoms with Gasteiger partial charge in [-0.15, -0.1) is 0 Å². The van der Waals surface area contributed by atoms with E-state index in [1.165, 1.54) is 12.8 Å². The van der Waals surface area contributed by atoms with E-state index in [1.54, 1.807) is 6.20 Å². The van der Waals surface area contributed by atoms with Crippen molar-refractivity contribution in [3.05, 3.63) is 23.9 Å². The summed E-state index contributed by atoms with van der Waals surface area (Å²) in [4.78, 5) is 6.81. The lowest BCUT2D eigenvalue weighted by Crippen LogP contribution is -2.32. The largest absolute Gasteiger partial charge is 0.381 e. The Morgan fingerprint density at radius 3 is 2.83 bits per heavy atom. The van der Waals surface area contributed by atoms with Crippen LogP contribution in [0.5, 0.6) is 0 Å². The van der Waals surface area contributed by atoms with Gasteiger partial charge in [-0.1, -0.05) is 0 Å². The van der Waals surface area contributed by atoms with E-state index >= 15 is 0 Å². The van der Waals surface area contributed by atoms with Gasteiger partial charge in [0.25, 0.3) is 0 Å². The van der Waals surface area contributed by atoms with Crippen LogP contribution >= 0.6 is 0 Å². The molecule has 3 rings (SSSR count). The van der Waals surface area contributed by atoms with Gasteiger partial charge in [-0.3, -0.25) is 0 Å². The monoisotopic (exact) mass is 243 g/mol. The fourth-order valence-corrected chi connectivity index (χ4v) is 2.44. The molecule has 0 unspecified atom stereocenters. The van der Waals surface area contributed by atoms with Crippen LogP contribution in [0.3, 0.4) is 0 Å². The lowest BCUT2D eigenvalue weighted by atomic mass is 10.1. The molecule has 2 fully saturated rings. The highest BCUT2D eigenvalue weighted by molar-refractivity contribution is 5.44. The van der Waals surface area contributed by atoms with Crippen LogP contribution in [0.2, 0.25) is 0 Å². The van der Waals surface area contributed by atoms with Gasteiger partial charge in [0, 0.05) is 31.3 Å². The number of nitriles is 1. The van der Waals surface area contributed by atoms with Gasteiger partial charge in [-0.25, -0.2) is 4.98 Å². The van der Waals surface area contributed by atoms with Crippen molar-refractivity contribution in [2.45, 2.75) is 25.3 Å². The highest BCUT2D eigenvalue weighted by Gasteiger charge is 2.32. The third-order valence-electron chi connectivity index (χ3n) is 3.64. The van der Waals surface area contributed by atoms with E-state index in [4.69, 9.17) is 10.00 Å². The molecule has 1 aliphatic heterocycles. The number of ether oxygens (including phenoxy) is 1. The lowest BCUT2D eigenvalue weighted by molar-refractivity contribution is 0.186. The van der Waals surface area contributed by atoms with Crippen LogP contribution in [0.4, 0.5) is 5.82 Å². The molecule has 1 saturated heterocycles. The first-order valence-electron chi connectivity index (χ1n) is 6.57. The molecule has 4 nitrogen and oxygen atoms in total. The van der Waals surface area contributed by atoms with Crippen LogP contribution < -0.4 is 4.90 Å². The maximum atomic E-state index is 8.80. The minimum Gasteiger partial charge on any atom is -0.381 e. The van der Waals surface area contributed by atoms with E-state index < -0.39 is 0 Å². The van der Waals surface area contributed by atoms with Gasteiger partial charge in [-0.2, -0.15) is 5.26 Å². The summed E-state index contributed by atoms with van der Waals surface area (Å²) in [6.07, 6.45) is 5.33. The van der Waals surface area contributed by atoms with Gasteiger partial charge in [-0.05, 0) is 31.4 Å². The summed E-state index contributed by atoms with van der Waals surface area (Å²) < 4.78 is 5.44. The predicted molar refractivity (Wildman–Crippen MR) is 68.2 cm³/mol. The molecule has 18 heavy (non-hydrogen) atoms. The fraction of sp³-hybridized carbons (Fsp3) is 0.571. The van der Waals surface area contributed by atoms with E-state index in [2.05, 4.69) is 16.0 Å². The summed E-state index contributed by atoms with van der Waals surface area (Å²) in [5.74, 6) is 1.63. The predicted octanol–water partition coefficient (Wildman–Crippen LogP) is 1.96. The van der Waals surface area contributed by atoms with Crippen LogP contribution in [0.15, 0.2) is 18.3 Å². The van der Waals surface area contributed by atoms with Crippen molar-refractivity contribution in [1.29, 1.82) is 5.26 Å². The number of rotatable bonds is 4. The minimum atomic E-state index is 0.624. The van der Waals surface area contributed by atoms with E-state index in [0.29, 0.717) is 17.5 Å². The zero-order chi connectivity index (χ0) is 12.4. The Balaban J connectivity index is 1.73. The molecule has 1 aliphatic carbocycles. The molecule has 4 heteroatoms. The van der Waals surface area contributed by atoms with Crippen LogP contribution in [-0.2, 0) is 4.74 Å². The average molecular weight is 243 g/mol. The number of aromatic nitrogens is 1. The van der Waals surface area contributed by atoms with Crippen LogP contribution in [0.1, 0.15) is 24.8 Å². The second-order valence-electron chi connectivity index (χ2n) is 5.13. The first-order valence-corrected chi connectivity index (χ1v) is 6.57. The van der Waals surface area contributed by atoms with E-state index in [0.717, 1.165) is 32.0 Å². The molecule has 1 saturated carbocycles. The lowest BCUT2D eigenvalue weighted by Gasteiger charge is -2.26. The molecule has 0 amide bonds. The molecular weight excluding hydrogens is 226 g/mol. The number of hydrogen-bond donors (Lipinski definition) is 0. The highest BCUT2D eigenvalue weighted by Crippen LogP contribution is 2.32. The molecule has 0 aromatic carbocycles. The molecule has 94 valence electrons. The van der Waals surface area contributed by atoms with E-state index in [9.17, 15) is 0 Å². The van der Waals surface area contributed by atoms with E-state index in [1.807, 2.05) is 12.1 Å². The topological polar surface area (TPSA) is 49.2 Å². The zero-order valence-corrected chi connectivity index (χ0v) is 10.4. The Labute approximate surface area is 107 Å². The standard InChI is InChI=1S/C14H17N3O/c15-7-11-1-4-14(16-8-11)17(13-2-3-13)9-12-5-6-18-10-12/h1,4,8,12-13H,2-3,5-6,9-10H2/t12-/m0/s1. The summed E-state index contributed by atoms with van der Waals surface area (Å²) in [6.45, 7) is 2.80. The fourth-order valence-electron chi connectivity index (χ4n) is 2.44. The van der Waals surface area contributed by atoms with Gasteiger partial charge in [0.15, 0.2) is 0 Å². The molecular formula is C14H17N3O. The third kappa shape index (κ3) is 2.46. The number of pyridine rings is 1. The zero-order valence-electron chi connectivity index (χ0n) is 10.4. The van der Waals surface area contributed by atoms with Gasteiger partial charge in [0.05, 0.1) is 12.2 Å². The molecule has 0 spiro atoms. The van der Waals surface area contributed by atoms with Crippen molar-refractivity contribution in [3.63, 3.8) is 0 Å². The highest BCUT2D eigenvalue weighted by atomic mass is 16.5. The summed E-state index contributed by atoms with van der Waals surface area (Å²) in [6, 6.07) is 6.57. The number of nitrogens with zero attached hydrogens (tertiary/aromatic N) is 3. The second kappa shape index (κ2) is 4.95. The third-order valence-corrected chi connectivity index (χ3v) is 3.64. The summed E-state index contributed by atoms with van der Waals surface area (Å²) in [7, 11) is 0. The smallest absolute Gasteiger partial charge is 0.128 e. The molecule has 0 radical (unpaired) electrons. The van der Waals surface area contributed by atoms with Crippen LogP contribution in [-0.4, -0.2) is 30.8 Å². The molecule has 1 atom stereocenters. The Bertz CT molecular complexity index is 441. The Morgan fingerprint density at radius 1 is 1.39 bits per heavy atom. The van der Waals surface area contributed by atoms with Crippen molar-refractivity contribution in [3.8, 4) is 6.07 Å². The Morgan fingerprint density at radius 2 is 2.28 bits per heavy atom. The van der Waals surface area contributed by atoms with Crippen molar-refractivity contribution in [2.24, 2.45) is 5.92 Å². The SMILES string of the molecule is N#Cc1ccc(N(C[C@@H]2CCOC2)C2CC2)nc1. The van der Waals surface area contributed by atoms with Crippen molar-refractivity contribution < 1.29 is 4.74 Å². The summed E-state index contributed by atoms with van der Waals surface area (Å²) in [5.41, 5.74) is 0.624. The average Bonchev–Trinajstić information content (AvgIpc) is 3.13.